The number of anilines is 1. The number of aryl methyl sites for hydroxylation is 1. The molecule has 1 aliphatic rings. The molecule has 2 heterocycles. The molecule has 2 N–H and O–H groups in total. The van der Waals surface area contributed by atoms with Gasteiger partial charge in [-0.1, -0.05) is 18.2 Å². The van der Waals surface area contributed by atoms with E-state index in [2.05, 4.69) is 0 Å². The molecule has 35 heavy (non-hydrogen) atoms. The van der Waals surface area contributed by atoms with Crippen LogP contribution in [-0.4, -0.2) is 34.7 Å². The Morgan fingerprint density at radius 1 is 1.06 bits per heavy atom. The van der Waals surface area contributed by atoms with Crippen LogP contribution in [0.15, 0.2) is 54.6 Å². The van der Waals surface area contributed by atoms with Gasteiger partial charge in [-0.15, -0.1) is 0 Å². The largest absolute Gasteiger partial charge is 0.457 e. The highest BCUT2D eigenvalue weighted by Gasteiger charge is 2.29. The van der Waals surface area contributed by atoms with Crippen molar-refractivity contribution in [2.45, 2.75) is 52.1 Å². The highest BCUT2D eigenvalue weighted by atomic mass is 19.1. The Labute approximate surface area is 205 Å². The van der Waals surface area contributed by atoms with Gasteiger partial charge in [0.05, 0.1) is 11.4 Å². The lowest BCUT2D eigenvalue weighted by atomic mass is 9.91. The summed E-state index contributed by atoms with van der Waals surface area (Å²) in [5, 5.41) is 0. The fraction of sp³-hybridized carbons (Fsp3) is 0.357. The minimum Gasteiger partial charge on any atom is -0.457 e. The average Bonchev–Trinajstić information content (AvgIpc) is 2.81. The minimum atomic E-state index is -0.524. The number of pyridine rings is 1. The number of hydrogen-bond acceptors (Lipinski definition) is 5. The van der Waals surface area contributed by atoms with Crippen molar-refractivity contribution in [2.24, 2.45) is 0 Å². The number of ether oxygens (including phenoxy) is 2. The summed E-state index contributed by atoms with van der Waals surface area (Å²) >= 11 is 0. The molecule has 2 aromatic carbocycles. The first-order valence-electron chi connectivity index (χ1n) is 11.9. The van der Waals surface area contributed by atoms with Gasteiger partial charge in [-0.2, -0.15) is 0 Å². The van der Waals surface area contributed by atoms with E-state index in [0.29, 0.717) is 41.5 Å². The maximum Gasteiger partial charge on any atom is 0.410 e. The molecular formula is C28H32FN3O3. The molecule has 1 fully saturated rings. The Kier molecular flexibility index (Phi) is 6.96. The number of benzene rings is 2. The maximum atomic E-state index is 15.2. The third-order valence-corrected chi connectivity index (χ3v) is 6.02. The van der Waals surface area contributed by atoms with E-state index in [-0.39, 0.29) is 12.0 Å². The number of likely N-dealkylation sites (tertiary alicyclic amines) is 1. The fourth-order valence-electron chi connectivity index (χ4n) is 4.18. The van der Waals surface area contributed by atoms with Crippen LogP contribution < -0.4 is 10.5 Å². The van der Waals surface area contributed by atoms with Gasteiger partial charge in [0.15, 0.2) is 0 Å². The van der Waals surface area contributed by atoms with Crippen molar-refractivity contribution in [1.82, 2.24) is 9.88 Å². The molecule has 1 aliphatic heterocycles. The number of rotatable bonds is 4. The smallest absolute Gasteiger partial charge is 0.410 e. The van der Waals surface area contributed by atoms with E-state index in [1.807, 2.05) is 64.1 Å². The van der Waals surface area contributed by atoms with Crippen LogP contribution in [0.3, 0.4) is 0 Å². The van der Waals surface area contributed by atoms with Crippen molar-refractivity contribution in [3.8, 4) is 22.8 Å². The molecular weight excluding hydrogens is 445 g/mol. The molecule has 0 unspecified atom stereocenters. The zero-order valence-corrected chi connectivity index (χ0v) is 20.7. The number of nitrogens with zero attached hydrogens (tertiary/aromatic N) is 2. The predicted molar refractivity (Wildman–Crippen MR) is 135 cm³/mol. The zero-order valence-electron chi connectivity index (χ0n) is 20.7. The summed E-state index contributed by atoms with van der Waals surface area (Å²) in [6.07, 6.45) is 1.21. The Hall–Kier alpha value is -3.61. The first-order chi connectivity index (χ1) is 16.6. The maximum absolute atomic E-state index is 15.2. The number of nitrogens with two attached hydrogens (primary N) is 1. The zero-order chi connectivity index (χ0) is 25.2. The van der Waals surface area contributed by atoms with Crippen molar-refractivity contribution in [3.05, 3.63) is 71.7 Å². The summed E-state index contributed by atoms with van der Waals surface area (Å²) in [6.45, 7) is 8.66. The van der Waals surface area contributed by atoms with E-state index in [1.165, 1.54) is 6.07 Å². The number of aromatic nitrogens is 1. The molecule has 1 aromatic heterocycles. The lowest BCUT2D eigenvalue weighted by Crippen LogP contribution is -2.41. The van der Waals surface area contributed by atoms with E-state index in [0.717, 1.165) is 24.1 Å². The van der Waals surface area contributed by atoms with E-state index < -0.39 is 11.4 Å². The van der Waals surface area contributed by atoms with Crippen molar-refractivity contribution < 1.29 is 18.7 Å². The molecule has 3 aromatic rings. The van der Waals surface area contributed by atoms with Crippen LogP contribution in [0.25, 0.3) is 11.3 Å². The third-order valence-electron chi connectivity index (χ3n) is 6.02. The molecule has 0 spiro atoms. The minimum absolute atomic E-state index is 0.149. The molecule has 1 amide bonds. The highest BCUT2D eigenvalue weighted by molar-refractivity contribution is 5.76. The van der Waals surface area contributed by atoms with E-state index in [1.54, 1.807) is 17.0 Å². The van der Waals surface area contributed by atoms with Crippen molar-refractivity contribution in [2.75, 3.05) is 18.8 Å². The first kappa shape index (κ1) is 24.5. The van der Waals surface area contributed by atoms with Crippen LogP contribution in [-0.2, 0) is 4.74 Å². The van der Waals surface area contributed by atoms with Gasteiger partial charge in [-0.3, -0.25) is 4.98 Å². The monoisotopic (exact) mass is 477 g/mol. The Morgan fingerprint density at radius 2 is 1.74 bits per heavy atom. The summed E-state index contributed by atoms with van der Waals surface area (Å²) in [7, 11) is 0. The van der Waals surface area contributed by atoms with E-state index >= 15 is 4.39 Å². The van der Waals surface area contributed by atoms with Gasteiger partial charge in [0.25, 0.3) is 0 Å². The average molecular weight is 478 g/mol. The molecule has 1 saturated heterocycles. The fourth-order valence-corrected chi connectivity index (χ4v) is 4.18. The Bertz CT molecular complexity index is 1200. The van der Waals surface area contributed by atoms with Crippen molar-refractivity contribution >= 4 is 11.8 Å². The summed E-state index contributed by atoms with van der Waals surface area (Å²) in [4.78, 5) is 18.9. The van der Waals surface area contributed by atoms with Gasteiger partial charge >= 0.3 is 6.09 Å². The second kappa shape index (κ2) is 9.94. The standard InChI is InChI=1S/C28H32FN3O3/c1-18-16-24(19-12-14-32(15-13-19)27(33)35-28(2,3)4)31-26(25(18)30)22-11-10-21(17-23(22)29)34-20-8-6-5-7-9-20/h5-11,16-17,19H,12-15,30H2,1-4H3. The lowest BCUT2D eigenvalue weighted by molar-refractivity contribution is 0.0204. The van der Waals surface area contributed by atoms with Gasteiger partial charge < -0.3 is 20.1 Å². The SMILES string of the molecule is Cc1cc(C2CCN(C(=O)OC(C)(C)C)CC2)nc(-c2ccc(Oc3ccccc3)cc2F)c1N. The third kappa shape index (κ3) is 5.91. The highest BCUT2D eigenvalue weighted by Crippen LogP contribution is 2.36. The quantitative estimate of drug-likeness (QED) is 0.453. The molecule has 4 rings (SSSR count). The van der Waals surface area contributed by atoms with E-state index in [9.17, 15) is 4.79 Å². The summed E-state index contributed by atoms with van der Waals surface area (Å²) in [6, 6.07) is 15.9. The topological polar surface area (TPSA) is 77.7 Å². The van der Waals surface area contributed by atoms with E-state index in [4.69, 9.17) is 20.2 Å². The predicted octanol–water partition coefficient (Wildman–Crippen LogP) is 6.69. The normalized spacial score (nSPS) is 14.6. The Morgan fingerprint density at radius 3 is 2.37 bits per heavy atom. The molecule has 6 nitrogen and oxygen atoms in total. The van der Waals surface area contributed by atoms with Crippen LogP contribution >= 0.6 is 0 Å². The second-order valence-electron chi connectivity index (χ2n) is 9.92. The molecule has 7 heteroatoms. The van der Waals surface area contributed by atoms with Gasteiger partial charge in [0, 0.05) is 36.3 Å². The lowest BCUT2D eigenvalue weighted by Gasteiger charge is -2.33. The molecule has 184 valence electrons. The summed E-state index contributed by atoms with van der Waals surface area (Å²) < 4.78 is 26.4. The van der Waals surface area contributed by atoms with Crippen LogP contribution in [0.2, 0.25) is 0 Å². The van der Waals surface area contributed by atoms with Crippen LogP contribution in [0.4, 0.5) is 14.9 Å². The number of para-hydroxylation sites is 1. The van der Waals surface area contributed by atoms with Gasteiger partial charge in [-0.05, 0) is 76.4 Å². The van der Waals surface area contributed by atoms with Gasteiger partial charge in [0.2, 0.25) is 0 Å². The van der Waals surface area contributed by atoms with Gasteiger partial charge in [0.1, 0.15) is 22.9 Å². The second-order valence-corrected chi connectivity index (χ2v) is 9.92. The molecule has 0 saturated carbocycles. The van der Waals surface area contributed by atoms with Crippen LogP contribution in [0.1, 0.15) is 50.8 Å². The number of piperidine rings is 1. The molecule has 0 atom stereocenters. The number of carbonyl (C=O) groups excluding carboxylic acids is 1. The van der Waals surface area contributed by atoms with Crippen molar-refractivity contribution in [1.29, 1.82) is 0 Å². The summed E-state index contributed by atoms with van der Waals surface area (Å²) in [5.74, 6) is 0.732. The van der Waals surface area contributed by atoms with Crippen LogP contribution in [0, 0.1) is 12.7 Å². The Balaban J connectivity index is 1.53. The molecule has 0 radical (unpaired) electrons. The van der Waals surface area contributed by atoms with Gasteiger partial charge in [-0.25, -0.2) is 9.18 Å². The first-order valence-corrected chi connectivity index (χ1v) is 11.9. The molecule has 0 bridgehead atoms. The van der Waals surface area contributed by atoms with Crippen LogP contribution in [0.5, 0.6) is 11.5 Å². The number of hydrogen-bond donors (Lipinski definition) is 1. The summed E-state index contributed by atoms with van der Waals surface area (Å²) in [5.41, 5.74) is 8.74. The number of halogens is 1. The number of nitrogen functional groups attached to an aromatic ring is 1. The number of amides is 1. The van der Waals surface area contributed by atoms with Crippen molar-refractivity contribution in [3.63, 3.8) is 0 Å². The molecule has 0 aliphatic carbocycles. The number of carbonyl (C=O) groups is 1.